The molecule has 1 amide bonds. The molecule has 27 heavy (non-hydrogen) atoms. The minimum Gasteiger partial charge on any atom is -0.384 e. The molecule has 1 atom stereocenters. The first-order valence-corrected chi connectivity index (χ1v) is 9.31. The lowest BCUT2D eigenvalue weighted by Crippen LogP contribution is -2.47. The molecule has 0 spiro atoms. The van der Waals surface area contributed by atoms with Crippen molar-refractivity contribution in [3.63, 3.8) is 0 Å². The summed E-state index contributed by atoms with van der Waals surface area (Å²) in [6, 6.07) is 3.71. The van der Waals surface area contributed by atoms with Crippen LogP contribution >= 0.6 is 24.8 Å². The highest BCUT2D eigenvalue weighted by Gasteiger charge is 2.32. The molecule has 2 saturated heterocycles. The number of methoxy groups -OCH3 is 1. The van der Waals surface area contributed by atoms with Gasteiger partial charge in [-0.2, -0.15) is 0 Å². The molecule has 0 saturated carbocycles. The molecule has 0 radical (unpaired) electrons. The topological polar surface area (TPSA) is 66.5 Å². The van der Waals surface area contributed by atoms with Gasteiger partial charge in [0.1, 0.15) is 5.82 Å². The zero-order chi connectivity index (χ0) is 17.7. The van der Waals surface area contributed by atoms with Gasteiger partial charge in [-0.25, -0.2) is 4.98 Å². The van der Waals surface area contributed by atoms with Gasteiger partial charge in [0.2, 0.25) is 0 Å². The number of rotatable bonds is 6. The maximum Gasteiger partial charge on any atom is 0.251 e. The van der Waals surface area contributed by atoms with E-state index in [-0.39, 0.29) is 36.1 Å². The summed E-state index contributed by atoms with van der Waals surface area (Å²) in [5.41, 5.74) is 0.724. The molecule has 1 unspecified atom stereocenters. The molecular weight excluding hydrogens is 387 g/mol. The first kappa shape index (κ1) is 24.0. The lowest BCUT2D eigenvalue weighted by atomic mass is 9.79. The first-order chi connectivity index (χ1) is 12.1. The summed E-state index contributed by atoms with van der Waals surface area (Å²) in [5.74, 6) is 1.57. The average molecular weight is 419 g/mol. The lowest BCUT2D eigenvalue weighted by Gasteiger charge is -2.37. The minimum atomic E-state index is -0.0232. The lowest BCUT2D eigenvalue weighted by molar-refractivity contribution is 0.0511. The van der Waals surface area contributed by atoms with E-state index in [0.29, 0.717) is 24.6 Å². The Morgan fingerprint density at radius 2 is 2.15 bits per heavy atom. The van der Waals surface area contributed by atoms with Gasteiger partial charge in [0.25, 0.3) is 5.91 Å². The van der Waals surface area contributed by atoms with E-state index in [0.717, 1.165) is 44.8 Å². The number of nitrogens with zero attached hydrogens (tertiary/aromatic N) is 2. The third-order valence-electron chi connectivity index (χ3n) is 5.49. The van der Waals surface area contributed by atoms with Crippen LogP contribution in [0.5, 0.6) is 0 Å². The van der Waals surface area contributed by atoms with Crippen molar-refractivity contribution in [1.82, 2.24) is 15.6 Å². The number of hydrogen-bond donors (Lipinski definition) is 2. The van der Waals surface area contributed by atoms with Crippen LogP contribution in [-0.4, -0.2) is 57.3 Å². The number of pyridine rings is 1. The Balaban J connectivity index is 0.00000182. The largest absolute Gasteiger partial charge is 0.384 e. The van der Waals surface area contributed by atoms with E-state index in [1.807, 2.05) is 6.07 Å². The molecule has 0 aliphatic carbocycles. The van der Waals surface area contributed by atoms with Crippen LogP contribution in [0.4, 0.5) is 5.82 Å². The van der Waals surface area contributed by atoms with Crippen molar-refractivity contribution in [2.75, 3.05) is 51.3 Å². The third-order valence-corrected chi connectivity index (χ3v) is 5.49. The predicted octanol–water partition coefficient (Wildman–Crippen LogP) is 2.52. The third kappa shape index (κ3) is 6.21. The van der Waals surface area contributed by atoms with Crippen LogP contribution in [0, 0.1) is 11.3 Å². The molecule has 154 valence electrons. The summed E-state index contributed by atoms with van der Waals surface area (Å²) in [5, 5.41) is 6.51. The highest BCUT2D eigenvalue weighted by atomic mass is 35.5. The Labute approximate surface area is 174 Å². The summed E-state index contributed by atoms with van der Waals surface area (Å²) in [4.78, 5) is 19.4. The average Bonchev–Trinajstić information content (AvgIpc) is 3.07. The highest BCUT2D eigenvalue weighted by Crippen LogP contribution is 2.28. The fourth-order valence-corrected chi connectivity index (χ4v) is 3.88. The molecule has 2 aliphatic rings. The van der Waals surface area contributed by atoms with E-state index in [4.69, 9.17) is 4.74 Å². The van der Waals surface area contributed by atoms with Crippen molar-refractivity contribution in [3.8, 4) is 0 Å². The number of anilines is 1. The van der Waals surface area contributed by atoms with Crippen LogP contribution in [0.1, 0.15) is 36.5 Å². The first-order valence-electron chi connectivity index (χ1n) is 9.31. The van der Waals surface area contributed by atoms with Gasteiger partial charge in [0.15, 0.2) is 0 Å². The minimum absolute atomic E-state index is 0. The van der Waals surface area contributed by atoms with Crippen molar-refractivity contribution in [3.05, 3.63) is 23.9 Å². The van der Waals surface area contributed by atoms with Crippen LogP contribution < -0.4 is 15.5 Å². The number of hydrogen-bond acceptors (Lipinski definition) is 5. The Kier molecular flexibility index (Phi) is 9.81. The fourth-order valence-electron chi connectivity index (χ4n) is 3.88. The maximum absolute atomic E-state index is 12.7. The molecule has 0 bridgehead atoms. The SMILES string of the molecule is COCC1(CNC(=O)c2ccnc(N3CCC(C)C3)c2)CCNCC1.Cl.Cl. The number of halogens is 2. The van der Waals surface area contributed by atoms with Crippen LogP contribution in [0.2, 0.25) is 0 Å². The van der Waals surface area contributed by atoms with Crippen LogP contribution in [0.15, 0.2) is 18.3 Å². The number of carbonyl (C=O) groups excluding carboxylic acids is 1. The predicted molar refractivity (Wildman–Crippen MR) is 113 cm³/mol. The summed E-state index contributed by atoms with van der Waals surface area (Å²) in [7, 11) is 1.73. The van der Waals surface area contributed by atoms with Gasteiger partial charge in [0.05, 0.1) is 6.61 Å². The van der Waals surface area contributed by atoms with Crippen LogP contribution in [0.25, 0.3) is 0 Å². The van der Waals surface area contributed by atoms with E-state index < -0.39 is 0 Å². The maximum atomic E-state index is 12.7. The number of ether oxygens (including phenoxy) is 1. The Bertz CT molecular complexity index is 591. The summed E-state index contributed by atoms with van der Waals surface area (Å²) in [6.45, 7) is 7.58. The Morgan fingerprint density at radius 3 is 2.78 bits per heavy atom. The number of piperidine rings is 1. The van der Waals surface area contributed by atoms with Gasteiger partial charge >= 0.3 is 0 Å². The molecule has 2 N–H and O–H groups in total. The molecule has 6 nitrogen and oxygen atoms in total. The molecule has 3 rings (SSSR count). The molecule has 3 heterocycles. The molecule has 0 aromatic carbocycles. The van der Waals surface area contributed by atoms with E-state index in [2.05, 4.69) is 27.4 Å². The van der Waals surface area contributed by atoms with E-state index >= 15 is 0 Å². The van der Waals surface area contributed by atoms with Gasteiger partial charge in [-0.1, -0.05) is 6.92 Å². The molecule has 8 heteroatoms. The monoisotopic (exact) mass is 418 g/mol. The van der Waals surface area contributed by atoms with Gasteiger partial charge in [-0.05, 0) is 50.4 Å². The number of aromatic nitrogens is 1. The number of nitrogens with one attached hydrogen (secondary N) is 2. The van der Waals surface area contributed by atoms with Gasteiger partial charge in [-0.3, -0.25) is 4.79 Å². The van der Waals surface area contributed by atoms with Crippen molar-refractivity contribution >= 4 is 36.5 Å². The molecular formula is C19H32Cl2N4O2. The zero-order valence-corrected chi connectivity index (χ0v) is 17.8. The molecule has 1 aromatic heterocycles. The van der Waals surface area contributed by atoms with Crippen molar-refractivity contribution < 1.29 is 9.53 Å². The van der Waals surface area contributed by atoms with Crippen LogP contribution in [0.3, 0.4) is 0 Å². The smallest absolute Gasteiger partial charge is 0.251 e. The Hall–Kier alpha value is -1.08. The highest BCUT2D eigenvalue weighted by molar-refractivity contribution is 5.94. The molecule has 1 aromatic rings. The second kappa shape index (κ2) is 11.1. The fraction of sp³-hybridized carbons (Fsp3) is 0.684. The van der Waals surface area contributed by atoms with Gasteiger partial charge < -0.3 is 20.3 Å². The standard InChI is InChI=1S/C19H30N4O2.2ClH/c1-15-4-10-23(12-15)17-11-16(3-7-21-17)18(24)22-13-19(14-25-2)5-8-20-9-6-19;;/h3,7,11,15,20H,4-6,8-10,12-14H2,1-2H3,(H,22,24);2*1H. The number of carbonyl (C=O) groups is 1. The summed E-state index contributed by atoms with van der Waals surface area (Å²) < 4.78 is 5.42. The van der Waals surface area contributed by atoms with E-state index in [1.165, 1.54) is 6.42 Å². The van der Waals surface area contributed by atoms with E-state index in [1.54, 1.807) is 19.4 Å². The number of amides is 1. The van der Waals surface area contributed by atoms with Crippen molar-refractivity contribution in [2.24, 2.45) is 11.3 Å². The summed E-state index contributed by atoms with van der Waals surface area (Å²) >= 11 is 0. The second-order valence-corrected chi connectivity index (χ2v) is 7.61. The Morgan fingerprint density at radius 1 is 1.41 bits per heavy atom. The molecule has 2 fully saturated rings. The van der Waals surface area contributed by atoms with Gasteiger partial charge in [-0.15, -0.1) is 24.8 Å². The van der Waals surface area contributed by atoms with Crippen molar-refractivity contribution in [2.45, 2.75) is 26.2 Å². The van der Waals surface area contributed by atoms with Crippen LogP contribution in [-0.2, 0) is 4.74 Å². The van der Waals surface area contributed by atoms with Gasteiger partial charge in [0, 0.05) is 43.9 Å². The van der Waals surface area contributed by atoms with E-state index in [9.17, 15) is 4.79 Å². The van der Waals surface area contributed by atoms with Crippen molar-refractivity contribution in [1.29, 1.82) is 0 Å². The normalized spacial score (nSPS) is 21.1. The zero-order valence-electron chi connectivity index (χ0n) is 16.2. The molecule has 2 aliphatic heterocycles. The second-order valence-electron chi connectivity index (χ2n) is 7.61. The quantitative estimate of drug-likeness (QED) is 0.742. The summed E-state index contributed by atoms with van der Waals surface area (Å²) in [6.07, 6.45) is 4.97.